The van der Waals surface area contributed by atoms with Crippen molar-refractivity contribution in [2.45, 2.75) is 71.0 Å². The third kappa shape index (κ3) is 6.49. The molecule has 1 fully saturated rings. The van der Waals surface area contributed by atoms with E-state index in [0.29, 0.717) is 50.4 Å². The Morgan fingerprint density at radius 3 is 2.49 bits per heavy atom. The van der Waals surface area contributed by atoms with E-state index >= 15 is 0 Å². The van der Waals surface area contributed by atoms with E-state index in [0.717, 1.165) is 54.7 Å². The van der Waals surface area contributed by atoms with Crippen LogP contribution in [0, 0.1) is 17.7 Å². The van der Waals surface area contributed by atoms with Gasteiger partial charge in [-0.15, -0.1) is 0 Å². The second-order valence-corrected chi connectivity index (χ2v) is 11.7. The fraction of sp³-hybridized carbons (Fsp3) is 0.469. The third-order valence-corrected chi connectivity index (χ3v) is 9.08. The number of nitrogens with zero attached hydrogens (tertiary/aromatic N) is 2. The van der Waals surface area contributed by atoms with Crippen molar-refractivity contribution in [1.82, 2.24) is 9.47 Å². The van der Waals surface area contributed by atoms with Crippen molar-refractivity contribution in [3.8, 4) is 17.5 Å². The highest BCUT2D eigenvalue weighted by Gasteiger charge is 2.34. The fourth-order valence-corrected chi connectivity index (χ4v) is 6.70. The molecule has 0 bridgehead atoms. The summed E-state index contributed by atoms with van der Waals surface area (Å²) < 4.78 is 22.3. The van der Waals surface area contributed by atoms with E-state index < -0.39 is 5.97 Å². The Kier molecular flexibility index (Phi) is 9.09. The van der Waals surface area contributed by atoms with Crippen LogP contribution in [0.4, 0.5) is 4.39 Å². The first-order chi connectivity index (χ1) is 19.7. The molecule has 1 heterocycles. The van der Waals surface area contributed by atoms with Gasteiger partial charge in [-0.1, -0.05) is 36.7 Å². The summed E-state index contributed by atoms with van der Waals surface area (Å²) in [7, 11) is 0. The zero-order valence-electron chi connectivity index (χ0n) is 23.4. The van der Waals surface area contributed by atoms with Crippen molar-refractivity contribution in [3.05, 3.63) is 75.6 Å². The molecule has 2 aliphatic carbocycles. The Morgan fingerprint density at radius 2 is 1.80 bits per heavy atom. The van der Waals surface area contributed by atoms with Crippen LogP contribution in [0.2, 0.25) is 5.02 Å². The lowest BCUT2D eigenvalue weighted by Gasteiger charge is -2.35. The number of rotatable bonds is 11. The Labute approximate surface area is 245 Å². The summed E-state index contributed by atoms with van der Waals surface area (Å²) in [5, 5.41) is 29.3. The van der Waals surface area contributed by atoms with Gasteiger partial charge in [-0.2, -0.15) is 0 Å². The van der Waals surface area contributed by atoms with Crippen LogP contribution in [0.25, 0.3) is 0 Å². The molecule has 0 unspecified atom stereocenters. The second-order valence-electron chi connectivity index (χ2n) is 11.3. The highest BCUT2D eigenvalue weighted by atomic mass is 35.5. The zero-order valence-corrected chi connectivity index (χ0v) is 24.1. The normalized spacial score (nSPS) is 20.3. The highest BCUT2D eigenvalue weighted by Crippen LogP contribution is 2.41. The maximum Gasteiger partial charge on any atom is 0.306 e. The lowest BCUT2D eigenvalue weighted by molar-refractivity contribution is -0.143. The van der Waals surface area contributed by atoms with Crippen LogP contribution in [0.15, 0.2) is 42.5 Å². The first kappa shape index (κ1) is 29.3. The number of aromatic nitrogens is 1. The smallest absolute Gasteiger partial charge is 0.306 e. The largest absolute Gasteiger partial charge is 0.494 e. The van der Waals surface area contributed by atoms with Crippen molar-refractivity contribution in [2.75, 3.05) is 13.2 Å². The number of fused-ring (bicyclic) bond motifs is 1. The zero-order chi connectivity index (χ0) is 29.1. The van der Waals surface area contributed by atoms with Crippen LogP contribution in [0.3, 0.4) is 0 Å². The first-order valence-corrected chi connectivity index (χ1v) is 14.9. The lowest BCUT2D eigenvalue weighted by atomic mass is 9.81. The number of carbonyl (C=O) groups is 1. The fourth-order valence-electron chi connectivity index (χ4n) is 6.52. The van der Waals surface area contributed by atoms with E-state index in [1.54, 1.807) is 6.07 Å². The maximum absolute atomic E-state index is 14.9. The van der Waals surface area contributed by atoms with Crippen LogP contribution in [0.5, 0.6) is 17.5 Å². The number of carboxylic acid groups (broad SMARTS) is 1. The van der Waals surface area contributed by atoms with Crippen molar-refractivity contribution in [3.63, 3.8) is 0 Å². The van der Waals surface area contributed by atoms with E-state index in [1.165, 1.54) is 16.7 Å². The Morgan fingerprint density at radius 1 is 1.07 bits per heavy atom. The molecular weight excluding hydrogens is 547 g/mol. The second kappa shape index (κ2) is 12.7. The number of benzene rings is 2. The number of aliphatic carboxylic acids is 1. The quantitative estimate of drug-likeness (QED) is 0.232. The number of aromatic hydroxyl groups is 2. The number of hydrogen-bond donors (Lipinski definition) is 3. The van der Waals surface area contributed by atoms with Gasteiger partial charge in [0.25, 0.3) is 0 Å². The Bertz CT molecular complexity index is 1370. The maximum atomic E-state index is 14.9. The van der Waals surface area contributed by atoms with Crippen molar-refractivity contribution >= 4 is 17.6 Å². The molecule has 0 amide bonds. The summed E-state index contributed by atoms with van der Waals surface area (Å²) >= 11 is 6.10. The van der Waals surface area contributed by atoms with Gasteiger partial charge in [-0.3, -0.25) is 14.3 Å². The summed E-state index contributed by atoms with van der Waals surface area (Å²) in [5.74, 6) is -0.133. The monoisotopic (exact) mass is 584 g/mol. The molecule has 0 radical (unpaired) electrons. The number of halogens is 2. The summed E-state index contributed by atoms with van der Waals surface area (Å²) in [6.07, 6.45) is 5.39. The molecule has 0 spiro atoms. The lowest BCUT2D eigenvalue weighted by Crippen LogP contribution is -2.34. The predicted octanol–water partition coefficient (Wildman–Crippen LogP) is 6.71. The van der Waals surface area contributed by atoms with Crippen molar-refractivity contribution in [1.29, 1.82) is 0 Å². The molecule has 9 heteroatoms. The molecule has 5 rings (SSSR count). The molecule has 41 heavy (non-hydrogen) atoms. The van der Waals surface area contributed by atoms with Gasteiger partial charge in [0.05, 0.1) is 17.5 Å². The van der Waals surface area contributed by atoms with Gasteiger partial charge in [0, 0.05) is 31.3 Å². The van der Waals surface area contributed by atoms with Gasteiger partial charge in [0.2, 0.25) is 0 Å². The van der Waals surface area contributed by atoms with E-state index in [4.69, 9.17) is 16.3 Å². The molecular formula is C32H38ClFN2O5. The van der Waals surface area contributed by atoms with Gasteiger partial charge in [-0.05, 0) is 85.3 Å². The molecule has 0 aliphatic heterocycles. The molecule has 3 aromatic rings. The minimum absolute atomic E-state index is 0.00987. The molecule has 0 saturated heterocycles. The number of ether oxygens (including phenoxy) is 1. The first-order valence-electron chi connectivity index (χ1n) is 14.5. The standard InChI is InChI=1S/C32H38ClFN2O5/c1-2-22-17-21(5-12-28(22)41-16-15-36-29(37)13-14-30(36)38)19-35(18-20-3-6-23(7-4-20)32(39)40)27-11-9-25-24(27)8-10-26(33)31(25)34/h5,8,10,12-14,17,20,23,27,37-38H,2-4,6-7,9,11,15-16,18-19H2,1H3,(H,39,40)/t20?,23?,27-/m0/s1. The van der Waals surface area contributed by atoms with E-state index in [9.17, 15) is 24.5 Å². The molecule has 2 aliphatic rings. The Hall–Kier alpha value is -3.23. The van der Waals surface area contributed by atoms with Crippen molar-refractivity contribution < 1.29 is 29.2 Å². The number of aryl methyl sites for hydroxylation is 1. The molecule has 1 aromatic heterocycles. The van der Waals surface area contributed by atoms with Crippen LogP contribution in [-0.2, 0) is 30.7 Å². The topological polar surface area (TPSA) is 95.2 Å². The van der Waals surface area contributed by atoms with Crippen molar-refractivity contribution in [2.24, 2.45) is 11.8 Å². The number of hydrogen-bond acceptors (Lipinski definition) is 5. The minimum Gasteiger partial charge on any atom is -0.494 e. The van der Waals surface area contributed by atoms with E-state index in [1.807, 2.05) is 12.1 Å². The van der Waals surface area contributed by atoms with E-state index in [2.05, 4.69) is 24.0 Å². The molecule has 1 atom stereocenters. The highest BCUT2D eigenvalue weighted by molar-refractivity contribution is 6.30. The number of carboxylic acids is 1. The van der Waals surface area contributed by atoms with Gasteiger partial charge in [0.1, 0.15) is 18.2 Å². The minimum atomic E-state index is -0.700. The molecule has 7 nitrogen and oxygen atoms in total. The molecule has 3 N–H and O–H groups in total. The molecule has 1 saturated carbocycles. The van der Waals surface area contributed by atoms with Gasteiger partial charge < -0.3 is 20.1 Å². The van der Waals surface area contributed by atoms with Gasteiger partial charge in [0.15, 0.2) is 11.8 Å². The molecule has 2 aromatic carbocycles. The van der Waals surface area contributed by atoms with Crippen LogP contribution >= 0.6 is 11.6 Å². The summed E-state index contributed by atoms with van der Waals surface area (Å²) in [4.78, 5) is 13.9. The van der Waals surface area contributed by atoms with Gasteiger partial charge >= 0.3 is 5.97 Å². The molecule has 220 valence electrons. The van der Waals surface area contributed by atoms with Crippen LogP contribution in [-0.4, -0.2) is 43.9 Å². The van der Waals surface area contributed by atoms with Crippen LogP contribution in [0.1, 0.15) is 67.3 Å². The van der Waals surface area contributed by atoms with Crippen LogP contribution < -0.4 is 4.74 Å². The SMILES string of the molecule is CCc1cc(CN(CC2CCC(C(=O)O)CC2)[C@H]2CCc3c2ccc(Cl)c3F)ccc1OCCn1c(O)ccc1O. The average molecular weight is 585 g/mol. The Balaban J connectivity index is 1.33. The summed E-state index contributed by atoms with van der Waals surface area (Å²) in [6, 6.07) is 12.8. The summed E-state index contributed by atoms with van der Waals surface area (Å²) in [5.41, 5.74) is 3.91. The van der Waals surface area contributed by atoms with Gasteiger partial charge in [-0.25, -0.2) is 4.39 Å². The summed E-state index contributed by atoms with van der Waals surface area (Å²) in [6.45, 7) is 4.19. The third-order valence-electron chi connectivity index (χ3n) is 8.79. The van der Waals surface area contributed by atoms with E-state index in [-0.39, 0.29) is 34.6 Å². The predicted molar refractivity (Wildman–Crippen MR) is 155 cm³/mol. The average Bonchev–Trinajstić information content (AvgIpc) is 3.54.